The molecule has 0 spiro atoms. The first-order chi connectivity index (χ1) is 15.2. The summed E-state index contributed by atoms with van der Waals surface area (Å²) in [5, 5.41) is 14.8. The lowest BCUT2D eigenvalue weighted by molar-refractivity contribution is -0.152. The van der Waals surface area contributed by atoms with E-state index in [9.17, 15) is 14.7 Å². The Morgan fingerprint density at radius 3 is 2.59 bits per heavy atom. The lowest BCUT2D eigenvalue weighted by Crippen LogP contribution is -2.58. The molecule has 2 amide bonds. The maximum atomic E-state index is 13.4. The Labute approximate surface area is 193 Å². The van der Waals surface area contributed by atoms with Crippen LogP contribution < -0.4 is 5.32 Å². The first kappa shape index (κ1) is 25.4. The van der Waals surface area contributed by atoms with E-state index >= 15 is 0 Å². The number of carbonyl (C=O) groups is 2. The molecule has 8 unspecified atom stereocenters. The van der Waals surface area contributed by atoms with Crippen LogP contribution in [0.2, 0.25) is 0 Å². The van der Waals surface area contributed by atoms with Crippen LogP contribution in [-0.4, -0.2) is 74.0 Å². The molecule has 1 heterocycles. The van der Waals surface area contributed by atoms with Gasteiger partial charge in [-0.05, 0) is 61.7 Å². The summed E-state index contributed by atoms with van der Waals surface area (Å²) in [4.78, 5) is 27.7. The minimum atomic E-state index is -0.537. The van der Waals surface area contributed by atoms with E-state index in [0.717, 1.165) is 45.1 Å². The van der Waals surface area contributed by atoms with Crippen LogP contribution in [-0.2, 0) is 19.1 Å². The molecule has 2 N–H and O–H groups in total. The van der Waals surface area contributed by atoms with Crippen LogP contribution in [0.4, 0.5) is 0 Å². The minimum absolute atomic E-state index is 0.0101. The summed E-state index contributed by atoms with van der Waals surface area (Å²) in [6.45, 7) is 8.23. The molecule has 7 nitrogen and oxygen atoms in total. The fourth-order valence-electron chi connectivity index (χ4n) is 6.91. The van der Waals surface area contributed by atoms with Gasteiger partial charge in [-0.25, -0.2) is 0 Å². The van der Waals surface area contributed by atoms with Gasteiger partial charge in [-0.2, -0.15) is 0 Å². The number of nitrogens with zero attached hydrogens (tertiary/aromatic N) is 1. The number of carbonyl (C=O) groups excluding carboxylic acids is 2. The van der Waals surface area contributed by atoms with Crippen molar-refractivity contribution in [2.45, 2.75) is 83.9 Å². The zero-order chi connectivity index (χ0) is 23.5. The SMILES string of the molecule is COCCC(=O)NC1CCC2(C)CCC(C(C)C(=O)N3CCCC3COC)C(O)C2C1C. The van der Waals surface area contributed by atoms with Crippen LogP contribution in [0.1, 0.15) is 65.7 Å². The third kappa shape index (κ3) is 5.15. The third-order valence-electron chi connectivity index (χ3n) is 8.82. The highest BCUT2D eigenvalue weighted by Crippen LogP contribution is 2.55. The van der Waals surface area contributed by atoms with E-state index in [1.54, 1.807) is 14.2 Å². The smallest absolute Gasteiger partial charge is 0.226 e. The van der Waals surface area contributed by atoms with Crippen LogP contribution in [0.5, 0.6) is 0 Å². The molecule has 3 rings (SSSR count). The highest BCUT2D eigenvalue weighted by atomic mass is 16.5. The van der Waals surface area contributed by atoms with Gasteiger partial charge in [0.2, 0.25) is 11.8 Å². The number of ether oxygens (including phenoxy) is 2. The molecule has 3 fully saturated rings. The van der Waals surface area contributed by atoms with Crippen LogP contribution >= 0.6 is 0 Å². The van der Waals surface area contributed by atoms with Crippen molar-refractivity contribution >= 4 is 11.8 Å². The molecule has 8 atom stereocenters. The van der Waals surface area contributed by atoms with Crippen LogP contribution in [0.3, 0.4) is 0 Å². The number of aliphatic hydroxyl groups is 1. The summed E-state index contributed by atoms with van der Waals surface area (Å²) in [7, 11) is 3.29. The summed E-state index contributed by atoms with van der Waals surface area (Å²) in [5.41, 5.74) is 0.0537. The molecule has 0 aromatic carbocycles. The standard InChI is InChI=1S/C25H44N2O5/c1-16(24(30)27-13-6-7-18(27)15-32-5)19-8-11-25(3)12-9-20(17(2)22(25)23(19)29)26-21(28)10-14-31-4/h16-20,22-23,29H,6-15H2,1-5H3,(H,26,28). The van der Waals surface area contributed by atoms with Crippen molar-refractivity contribution in [1.29, 1.82) is 0 Å². The molecule has 184 valence electrons. The maximum Gasteiger partial charge on any atom is 0.226 e. The highest BCUT2D eigenvalue weighted by molar-refractivity contribution is 5.79. The molecule has 7 heteroatoms. The number of hydrogen-bond acceptors (Lipinski definition) is 5. The minimum Gasteiger partial charge on any atom is -0.392 e. The molecular weight excluding hydrogens is 408 g/mol. The molecule has 1 saturated heterocycles. The lowest BCUT2D eigenvalue weighted by Gasteiger charge is -2.56. The van der Waals surface area contributed by atoms with E-state index in [4.69, 9.17) is 9.47 Å². The molecule has 0 bridgehead atoms. The maximum absolute atomic E-state index is 13.4. The van der Waals surface area contributed by atoms with Gasteiger partial charge in [0.25, 0.3) is 0 Å². The quantitative estimate of drug-likeness (QED) is 0.591. The van der Waals surface area contributed by atoms with Crippen molar-refractivity contribution < 1.29 is 24.2 Å². The van der Waals surface area contributed by atoms with Crippen molar-refractivity contribution in [3.63, 3.8) is 0 Å². The van der Waals surface area contributed by atoms with E-state index in [0.29, 0.717) is 19.6 Å². The number of fused-ring (bicyclic) bond motifs is 1. The van der Waals surface area contributed by atoms with Gasteiger partial charge in [0, 0.05) is 39.1 Å². The van der Waals surface area contributed by atoms with Crippen molar-refractivity contribution in [3.8, 4) is 0 Å². The molecule has 2 saturated carbocycles. The van der Waals surface area contributed by atoms with Crippen LogP contribution in [0, 0.1) is 29.1 Å². The first-order valence-corrected chi connectivity index (χ1v) is 12.5. The Morgan fingerprint density at radius 1 is 1.19 bits per heavy atom. The molecule has 32 heavy (non-hydrogen) atoms. The van der Waals surface area contributed by atoms with E-state index in [1.165, 1.54) is 0 Å². The number of aliphatic hydroxyl groups excluding tert-OH is 1. The highest BCUT2D eigenvalue weighted by Gasteiger charge is 2.54. The van der Waals surface area contributed by atoms with Gasteiger partial charge in [-0.1, -0.05) is 20.8 Å². The lowest BCUT2D eigenvalue weighted by atomic mass is 9.51. The van der Waals surface area contributed by atoms with E-state index < -0.39 is 6.10 Å². The number of nitrogens with one attached hydrogen (secondary N) is 1. The van der Waals surface area contributed by atoms with E-state index in [-0.39, 0.29) is 53.0 Å². The Kier molecular flexibility index (Phi) is 8.61. The first-order valence-electron chi connectivity index (χ1n) is 12.5. The third-order valence-corrected chi connectivity index (χ3v) is 8.82. The van der Waals surface area contributed by atoms with Gasteiger partial charge < -0.3 is 24.8 Å². The second-order valence-corrected chi connectivity index (χ2v) is 10.8. The Bertz CT molecular complexity index is 658. The number of likely N-dealkylation sites (tertiary alicyclic amines) is 1. The van der Waals surface area contributed by atoms with Crippen molar-refractivity contribution in [1.82, 2.24) is 10.2 Å². The van der Waals surface area contributed by atoms with Crippen LogP contribution in [0.15, 0.2) is 0 Å². The Hall–Kier alpha value is -1.18. The Balaban J connectivity index is 1.70. The van der Waals surface area contributed by atoms with Crippen molar-refractivity contribution in [3.05, 3.63) is 0 Å². The van der Waals surface area contributed by atoms with E-state index in [1.807, 2.05) is 11.8 Å². The largest absolute Gasteiger partial charge is 0.392 e. The van der Waals surface area contributed by atoms with Crippen LogP contribution in [0.25, 0.3) is 0 Å². The van der Waals surface area contributed by atoms with E-state index in [2.05, 4.69) is 19.2 Å². The zero-order valence-corrected chi connectivity index (χ0v) is 20.6. The number of amides is 2. The predicted octanol–water partition coefficient (Wildman–Crippen LogP) is 2.60. The summed E-state index contributed by atoms with van der Waals surface area (Å²) >= 11 is 0. The monoisotopic (exact) mass is 452 g/mol. The van der Waals surface area contributed by atoms with Gasteiger partial charge in [0.15, 0.2) is 0 Å². The van der Waals surface area contributed by atoms with Gasteiger partial charge in [0.05, 0.1) is 25.4 Å². The second kappa shape index (κ2) is 10.8. The number of rotatable bonds is 8. The van der Waals surface area contributed by atoms with Gasteiger partial charge in [0.1, 0.15) is 0 Å². The average Bonchev–Trinajstić information content (AvgIpc) is 3.22. The molecule has 1 aliphatic heterocycles. The van der Waals surface area contributed by atoms with Crippen molar-refractivity contribution in [2.75, 3.05) is 34.0 Å². The average molecular weight is 453 g/mol. The van der Waals surface area contributed by atoms with Gasteiger partial charge >= 0.3 is 0 Å². The number of hydrogen-bond donors (Lipinski definition) is 2. The molecular formula is C25H44N2O5. The molecule has 2 aliphatic carbocycles. The summed E-state index contributed by atoms with van der Waals surface area (Å²) in [6, 6.07) is 0.211. The summed E-state index contributed by atoms with van der Waals surface area (Å²) < 4.78 is 10.4. The molecule has 0 aromatic rings. The zero-order valence-electron chi connectivity index (χ0n) is 20.6. The predicted molar refractivity (Wildman–Crippen MR) is 123 cm³/mol. The fraction of sp³-hybridized carbons (Fsp3) is 0.920. The summed E-state index contributed by atoms with van der Waals surface area (Å²) in [6.07, 6.45) is 5.65. The normalized spacial score (nSPS) is 38.2. The summed E-state index contributed by atoms with van der Waals surface area (Å²) in [5.74, 6) is 0.145. The number of methoxy groups -OCH3 is 2. The fourth-order valence-corrected chi connectivity index (χ4v) is 6.91. The molecule has 0 aromatic heterocycles. The Morgan fingerprint density at radius 2 is 1.91 bits per heavy atom. The second-order valence-electron chi connectivity index (χ2n) is 10.8. The van der Waals surface area contributed by atoms with Gasteiger partial charge in [-0.15, -0.1) is 0 Å². The van der Waals surface area contributed by atoms with Crippen molar-refractivity contribution in [2.24, 2.45) is 29.1 Å². The molecule has 3 aliphatic rings. The topological polar surface area (TPSA) is 88.1 Å². The molecule has 0 radical (unpaired) electrons. The van der Waals surface area contributed by atoms with Gasteiger partial charge in [-0.3, -0.25) is 9.59 Å².